The van der Waals surface area contributed by atoms with E-state index in [1.54, 1.807) is 5.56 Å². The van der Waals surface area contributed by atoms with E-state index < -0.39 is 12.6 Å². The van der Waals surface area contributed by atoms with Crippen LogP contribution in [0.1, 0.15) is 42.5 Å². The molecule has 0 saturated heterocycles. The summed E-state index contributed by atoms with van der Waals surface area (Å²) in [6.07, 6.45) is 15.8. The van der Waals surface area contributed by atoms with Gasteiger partial charge < -0.3 is 0 Å². The van der Waals surface area contributed by atoms with E-state index in [0.29, 0.717) is 9.59 Å². The van der Waals surface area contributed by atoms with E-state index >= 15 is 0 Å². The number of benzene rings is 1. The average Bonchev–Trinajstić information content (AvgIpc) is 3.14. The van der Waals surface area contributed by atoms with Gasteiger partial charge in [0.05, 0.1) is 0 Å². The van der Waals surface area contributed by atoms with Crippen LogP contribution in [0.5, 0.6) is 0 Å². The predicted octanol–water partition coefficient (Wildman–Crippen LogP) is 9.66. The maximum atomic E-state index is 2.73. The summed E-state index contributed by atoms with van der Waals surface area (Å²) in [5.74, 6) is 0.523. The second-order valence-electron chi connectivity index (χ2n) is 20.7. The fourth-order valence-corrected chi connectivity index (χ4v) is 48.3. The van der Waals surface area contributed by atoms with Gasteiger partial charge in [-0.2, -0.15) is 0 Å². The molecule has 1 aromatic rings. The van der Waals surface area contributed by atoms with Gasteiger partial charge in [-0.3, -0.25) is 0 Å². The van der Waals surface area contributed by atoms with Gasteiger partial charge in [-0.15, -0.1) is 0 Å². The molecular weight excluding hydrogens is 503 g/mol. The molecule has 0 nitrogen and oxygen atoms in total. The number of rotatable bonds is 4. The third kappa shape index (κ3) is 2.21. The monoisotopic (exact) mass is 549 g/mol. The van der Waals surface area contributed by atoms with Crippen molar-refractivity contribution in [1.82, 2.24) is 0 Å². The Hall–Kier alpha value is -0.690. The Bertz CT molecular complexity index is 1030. The zero-order valence-corrected chi connectivity index (χ0v) is 24.1. The molecule has 2 unspecified atom stereocenters. The van der Waals surface area contributed by atoms with Crippen LogP contribution >= 0.6 is 0 Å². The molecule has 0 heterocycles. The summed E-state index contributed by atoms with van der Waals surface area (Å²) in [6, 6.07) is 4.95. The third-order valence-corrected chi connectivity index (χ3v) is 55.6. The maximum absolute atomic E-state index is 5.63. The summed E-state index contributed by atoms with van der Waals surface area (Å²) >= 11 is -5.63. The molecule has 0 radical (unpaired) electrons. The van der Waals surface area contributed by atoms with Gasteiger partial charge in [-0.1, -0.05) is 0 Å². The van der Waals surface area contributed by atoms with Crippen molar-refractivity contribution >= 4 is 6.08 Å². The first kappa shape index (κ1) is 22.0. The van der Waals surface area contributed by atoms with E-state index in [9.17, 15) is 0 Å². The Morgan fingerprint density at radius 2 is 1.39 bits per heavy atom. The van der Waals surface area contributed by atoms with E-state index in [0.717, 1.165) is 6.42 Å². The molecule has 0 saturated carbocycles. The molecule has 0 aromatic heterocycles. The van der Waals surface area contributed by atoms with Crippen molar-refractivity contribution in [3.05, 3.63) is 64.8 Å². The van der Waals surface area contributed by atoms with Crippen molar-refractivity contribution in [2.45, 2.75) is 73.7 Å². The Kier molecular flexibility index (Phi) is 2.84. The number of hydrogen-bond donors (Lipinski definition) is 0. The van der Waals surface area contributed by atoms with Crippen molar-refractivity contribution in [3.8, 4) is 0 Å². The number of fused-ring (bicyclic) bond motifs is 1. The van der Waals surface area contributed by atoms with Crippen LogP contribution in [-0.4, -0.2) is 0 Å². The van der Waals surface area contributed by atoms with E-state index in [1.165, 1.54) is 16.7 Å². The summed E-state index contributed by atoms with van der Waals surface area (Å²) < 4.78 is 19.5. The summed E-state index contributed by atoms with van der Waals surface area (Å²) in [5, 5.41) is 0. The molecule has 0 bridgehead atoms. The van der Waals surface area contributed by atoms with E-state index in [2.05, 4.69) is 109 Å². The molecule has 2 aliphatic carbocycles. The Labute approximate surface area is 162 Å². The van der Waals surface area contributed by atoms with Gasteiger partial charge in [0, 0.05) is 0 Å². The van der Waals surface area contributed by atoms with Gasteiger partial charge in [-0.05, 0) is 0 Å². The molecule has 3 rings (SSSR count). The zero-order chi connectivity index (χ0) is 21.7. The van der Waals surface area contributed by atoms with Crippen LogP contribution in [0.4, 0.5) is 0 Å². The van der Waals surface area contributed by atoms with Crippen LogP contribution in [0.2, 0.25) is 36.4 Å². The van der Waals surface area contributed by atoms with Crippen molar-refractivity contribution in [2.75, 3.05) is 0 Å². The minimum atomic E-state index is -5.63. The molecule has 1 heteroatoms. The molecule has 157 valence electrons. The Balaban J connectivity index is 2.70. The van der Waals surface area contributed by atoms with Gasteiger partial charge in [-0.25, -0.2) is 0 Å². The predicted molar refractivity (Wildman–Crippen MR) is 129 cm³/mol. The fraction of sp³-hybridized carbons (Fsp3) is 0.556. The zero-order valence-electron chi connectivity index (χ0n) is 20.5. The molecule has 0 spiro atoms. The molecular formula is C27H45Hf. The fourth-order valence-electron chi connectivity index (χ4n) is 8.07. The number of allylic oxidation sites excluding steroid dienone is 5. The van der Waals surface area contributed by atoms with Gasteiger partial charge >= 0.3 is 163 Å². The minimum absolute atomic E-state index is 0.0478. The first-order chi connectivity index (χ1) is 12.0. The summed E-state index contributed by atoms with van der Waals surface area (Å²) in [6.45, 7) is 9.39. The quantitative estimate of drug-likeness (QED) is 0.329. The third-order valence-electron chi connectivity index (χ3n) is 10.4. The van der Waals surface area contributed by atoms with Crippen molar-refractivity contribution in [3.63, 3.8) is 0 Å². The molecule has 0 aliphatic heterocycles. The second kappa shape index (κ2) is 3.61. The molecule has 2 aliphatic rings. The molecule has 2 atom stereocenters. The first-order valence-electron chi connectivity index (χ1n) is 11.5. The standard InChI is InChI=1S/C15H19.C5H5.7CH3.Hf/c1-5-10(2)14-7-6-13-8-11(3)12(4)9-15(13)14;1-2-4-5-3-1;;;;;;;;/h6-10H,5H2,1-4H3;1-5H;7*1H3;. The van der Waals surface area contributed by atoms with Crippen LogP contribution in [-0.2, 0) is 15.8 Å². The normalized spacial score (nSPS) is 30.5. The Morgan fingerprint density at radius 1 is 0.893 bits per heavy atom. The van der Waals surface area contributed by atoms with Gasteiger partial charge in [0.15, 0.2) is 0 Å². The summed E-state index contributed by atoms with van der Waals surface area (Å²) in [5.41, 5.74) is 5.78. The summed E-state index contributed by atoms with van der Waals surface area (Å²) in [7, 11) is 0. The van der Waals surface area contributed by atoms with Crippen molar-refractivity contribution in [1.29, 1.82) is 0 Å². The topological polar surface area (TPSA) is 0 Å². The van der Waals surface area contributed by atoms with Crippen LogP contribution in [0, 0.1) is 19.8 Å². The van der Waals surface area contributed by atoms with Crippen molar-refractivity contribution in [2.24, 2.45) is 5.92 Å². The van der Waals surface area contributed by atoms with Gasteiger partial charge in [0.25, 0.3) is 0 Å². The van der Waals surface area contributed by atoms with Gasteiger partial charge in [0.2, 0.25) is 0 Å². The first-order valence-corrected chi connectivity index (χ1v) is 40.5. The van der Waals surface area contributed by atoms with E-state index in [1.807, 2.05) is 0 Å². The number of aryl methyl sites for hydroxylation is 2. The van der Waals surface area contributed by atoms with Crippen LogP contribution < -0.4 is 0 Å². The van der Waals surface area contributed by atoms with Crippen LogP contribution in [0.3, 0.4) is 0 Å². The van der Waals surface area contributed by atoms with Crippen LogP contribution in [0.15, 0.2) is 42.5 Å². The van der Waals surface area contributed by atoms with E-state index in [4.69, 9.17) is 0 Å². The van der Waals surface area contributed by atoms with Gasteiger partial charge in [0.1, 0.15) is 0 Å². The average molecular weight is 548 g/mol. The summed E-state index contributed by atoms with van der Waals surface area (Å²) in [4.78, 5) is 0. The van der Waals surface area contributed by atoms with E-state index in [-0.39, 0.29) is 3.17 Å². The van der Waals surface area contributed by atoms with Crippen LogP contribution in [0.25, 0.3) is 6.08 Å². The SMILES string of the molecule is CCC(C)[C]1([Hf]([CH3])([CH3])([CH3])([CH3])([CH3])([CH3])([CH3])[CH]2C=CC=C2)C=Cc2cc(C)c(C)cc21. The molecule has 1 aromatic carbocycles. The Morgan fingerprint density at radius 3 is 1.89 bits per heavy atom. The second-order valence-corrected chi connectivity index (χ2v) is 130. The molecule has 28 heavy (non-hydrogen) atoms. The molecule has 0 fully saturated rings. The van der Waals surface area contributed by atoms with Crippen molar-refractivity contribution < 1.29 is 12.6 Å². The number of hydrogen-bond acceptors (Lipinski definition) is 0. The molecule has 0 amide bonds. The molecule has 0 N–H and O–H groups in total.